The van der Waals surface area contributed by atoms with E-state index >= 15 is 0 Å². The zero-order valence-corrected chi connectivity index (χ0v) is 16.2. The third kappa shape index (κ3) is 3.00. The van der Waals surface area contributed by atoms with Crippen LogP contribution in [0.15, 0.2) is 29.0 Å². The van der Waals surface area contributed by atoms with Gasteiger partial charge in [0, 0.05) is 41.5 Å². The van der Waals surface area contributed by atoms with Crippen LogP contribution in [0.3, 0.4) is 0 Å². The Hall–Kier alpha value is -1.37. The van der Waals surface area contributed by atoms with Gasteiger partial charge in [0.1, 0.15) is 5.82 Å². The van der Waals surface area contributed by atoms with Gasteiger partial charge < -0.3 is 9.47 Å². The number of nitrogens with one attached hydrogen (secondary N) is 1. The van der Waals surface area contributed by atoms with E-state index in [1.807, 2.05) is 6.07 Å². The second kappa shape index (κ2) is 6.74. The number of H-pyrrole nitrogens is 1. The third-order valence-electron chi connectivity index (χ3n) is 5.08. The highest BCUT2D eigenvalue weighted by atomic mass is 79.9. The normalized spacial score (nSPS) is 19.0. The van der Waals surface area contributed by atoms with Gasteiger partial charge >= 0.3 is 0 Å². The van der Waals surface area contributed by atoms with Crippen molar-refractivity contribution >= 4 is 38.4 Å². The summed E-state index contributed by atoms with van der Waals surface area (Å²) < 4.78 is 16.9. The highest BCUT2D eigenvalue weighted by Gasteiger charge is 2.24. The van der Waals surface area contributed by atoms with Crippen molar-refractivity contribution in [2.24, 2.45) is 0 Å². The molecule has 1 atom stereocenters. The maximum Gasteiger partial charge on any atom is 0.158 e. The van der Waals surface area contributed by atoms with Crippen molar-refractivity contribution in [1.82, 2.24) is 19.7 Å². The fraction of sp³-hybridized carbons (Fsp3) is 0.389. The maximum atomic E-state index is 14.3. The molecule has 0 spiro atoms. The number of likely N-dealkylation sites (N-methyl/N-ethyl adjacent to an activating group) is 1. The molecular weight excluding hydrogens is 407 g/mol. The lowest BCUT2D eigenvalue weighted by Gasteiger charge is -2.33. The molecule has 0 amide bonds. The Morgan fingerprint density at radius 1 is 1.40 bits per heavy atom. The van der Waals surface area contributed by atoms with Crippen molar-refractivity contribution < 1.29 is 4.39 Å². The van der Waals surface area contributed by atoms with Crippen molar-refractivity contribution in [3.8, 4) is 11.1 Å². The van der Waals surface area contributed by atoms with Gasteiger partial charge in [-0.3, -0.25) is 5.10 Å². The predicted octanol–water partition coefficient (Wildman–Crippen LogP) is 5.24. The number of aromatic amines is 1. The van der Waals surface area contributed by atoms with Crippen LogP contribution >= 0.6 is 27.5 Å². The molecule has 7 heteroatoms. The number of hydrogen-bond acceptors (Lipinski definition) is 2. The first-order chi connectivity index (χ1) is 12.1. The van der Waals surface area contributed by atoms with E-state index < -0.39 is 0 Å². The number of fused-ring (bicyclic) bond motifs is 1. The van der Waals surface area contributed by atoms with Crippen molar-refractivity contribution in [3.63, 3.8) is 0 Å². The number of benzene rings is 1. The molecule has 4 nitrogen and oxygen atoms in total. The van der Waals surface area contributed by atoms with Crippen LogP contribution in [0.2, 0.25) is 5.15 Å². The number of aromatic nitrogens is 3. The van der Waals surface area contributed by atoms with E-state index in [-0.39, 0.29) is 5.82 Å². The van der Waals surface area contributed by atoms with E-state index in [1.54, 1.807) is 12.3 Å². The predicted molar refractivity (Wildman–Crippen MR) is 103 cm³/mol. The Balaban J connectivity index is 1.89. The van der Waals surface area contributed by atoms with Gasteiger partial charge in [0.15, 0.2) is 5.15 Å². The molecule has 1 aliphatic heterocycles. The Labute approximate surface area is 159 Å². The molecule has 1 N–H and O–H groups in total. The van der Waals surface area contributed by atoms with Crippen LogP contribution in [0, 0.1) is 5.82 Å². The molecule has 0 aliphatic carbocycles. The summed E-state index contributed by atoms with van der Waals surface area (Å²) in [6.07, 6.45) is 6.13. The highest BCUT2D eigenvalue weighted by Crippen LogP contribution is 2.38. The Morgan fingerprint density at radius 2 is 2.24 bits per heavy atom. The molecule has 0 bridgehead atoms. The smallest absolute Gasteiger partial charge is 0.158 e. The molecule has 2 aromatic heterocycles. The third-order valence-corrected chi connectivity index (χ3v) is 5.98. The first-order valence-electron chi connectivity index (χ1n) is 8.50. The molecule has 0 radical (unpaired) electrons. The molecular formula is C18H19BrClFN4. The zero-order chi connectivity index (χ0) is 17.6. The van der Waals surface area contributed by atoms with Gasteiger partial charge in [-0.15, -0.1) is 0 Å². The SMILES string of the molecule is CCN1CCCC(n2cc(-c3c[nH]nc3Cl)c3cc(Br)c(F)cc32)C1. The first kappa shape index (κ1) is 17.1. The van der Waals surface area contributed by atoms with Crippen LogP contribution in [0.25, 0.3) is 22.0 Å². The van der Waals surface area contributed by atoms with Gasteiger partial charge in [0.2, 0.25) is 0 Å². The lowest BCUT2D eigenvalue weighted by Crippen LogP contribution is -2.36. The molecule has 132 valence electrons. The molecule has 0 saturated carbocycles. The fourth-order valence-electron chi connectivity index (χ4n) is 3.77. The molecule has 3 aromatic rings. The topological polar surface area (TPSA) is 36.9 Å². The van der Waals surface area contributed by atoms with Crippen LogP contribution in [0.5, 0.6) is 0 Å². The lowest BCUT2D eigenvalue weighted by molar-refractivity contribution is 0.188. The fourth-order valence-corrected chi connectivity index (χ4v) is 4.32. The molecule has 1 aliphatic rings. The molecule has 25 heavy (non-hydrogen) atoms. The summed E-state index contributed by atoms with van der Waals surface area (Å²) in [5.41, 5.74) is 2.71. The molecule has 1 saturated heterocycles. The van der Waals surface area contributed by atoms with Crippen LogP contribution in [0.4, 0.5) is 4.39 Å². The minimum atomic E-state index is -0.250. The summed E-state index contributed by atoms with van der Waals surface area (Å²) >= 11 is 9.55. The van der Waals surface area contributed by atoms with Crippen LogP contribution in [0.1, 0.15) is 25.8 Å². The van der Waals surface area contributed by atoms with Crippen molar-refractivity contribution in [2.75, 3.05) is 19.6 Å². The summed E-state index contributed by atoms with van der Waals surface area (Å²) in [5, 5.41) is 8.24. The van der Waals surface area contributed by atoms with E-state index in [9.17, 15) is 4.39 Å². The van der Waals surface area contributed by atoms with Gasteiger partial charge in [-0.1, -0.05) is 18.5 Å². The van der Waals surface area contributed by atoms with Gasteiger partial charge in [-0.05, 0) is 54.0 Å². The second-order valence-corrected chi connectivity index (χ2v) is 7.72. The second-order valence-electron chi connectivity index (χ2n) is 6.51. The number of hydrogen-bond donors (Lipinski definition) is 1. The maximum absolute atomic E-state index is 14.3. The van der Waals surface area contributed by atoms with Crippen molar-refractivity contribution in [1.29, 1.82) is 0 Å². The zero-order valence-electron chi connectivity index (χ0n) is 13.9. The van der Waals surface area contributed by atoms with Crippen LogP contribution in [-0.4, -0.2) is 39.3 Å². The number of rotatable bonds is 3. The van der Waals surface area contributed by atoms with E-state index in [1.165, 1.54) is 0 Å². The quantitative estimate of drug-likeness (QED) is 0.623. The Bertz CT molecular complexity index is 919. The average Bonchev–Trinajstić information content (AvgIpc) is 3.19. The number of nitrogens with zero attached hydrogens (tertiary/aromatic N) is 3. The molecule has 4 rings (SSSR count). The first-order valence-corrected chi connectivity index (χ1v) is 9.67. The highest BCUT2D eigenvalue weighted by molar-refractivity contribution is 9.10. The molecule has 1 fully saturated rings. The summed E-state index contributed by atoms with van der Waals surface area (Å²) in [4.78, 5) is 2.44. The summed E-state index contributed by atoms with van der Waals surface area (Å²) in [7, 11) is 0. The summed E-state index contributed by atoms with van der Waals surface area (Å²) in [5.74, 6) is -0.250. The Morgan fingerprint density at radius 3 is 2.96 bits per heavy atom. The summed E-state index contributed by atoms with van der Waals surface area (Å²) in [6.45, 7) is 5.34. The average molecular weight is 426 g/mol. The molecule has 3 heterocycles. The van der Waals surface area contributed by atoms with Gasteiger partial charge in [-0.25, -0.2) is 4.39 Å². The largest absolute Gasteiger partial charge is 0.342 e. The number of likely N-dealkylation sites (tertiary alicyclic amines) is 1. The van der Waals surface area contributed by atoms with Crippen LogP contribution < -0.4 is 0 Å². The molecule has 1 aromatic carbocycles. The van der Waals surface area contributed by atoms with E-state index in [0.717, 1.165) is 54.5 Å². The lowest BCUT2D eigenvalue weighted by atomic mass is 10.1. The monoisotopic (exact) mass is 424 g/mol. The Kier molecular flexibility index (Phi) is 4.60. The van der Waals surface area contributed by atoms with E-state index in [4.69, 9.17) is 11.6 Å². The van der Waals surface area contributed by atoms with Crippen molar-refractivity contribution in [2.45, 2.75) is 25.8 Å². The minimum Gasteiger partial charge on any atom is -0.342 e. The van der Waals surface area contributed by atoms with Crippen LogP contribution in [-0.2, 0) is 0 Å². The van der Waals surface area contributed by atoms with Gasteiger partial charge in [0.05, 0.1) is 9.99 Å². The summed E-state index contributed by atoms with van der Waals surface area (Å²) in [6, 6.07) is 3.78. The number of halogens is 3. The molecule has 1 unspecified atom stereocenters. The standard InChI is InChI=1S/C18H19BrClFN4/c1-2-24-5-3-4-11(9-24)25-10-14(13-8-22-23-18(13)20)12-6-15(19)16(21)7-17(12)25/h6-8,10-11H,2-5,9H2,1H3,(H,22,23). The number of piperidine rings is 1. The minimum absolute atomic E-state index is 0.250. The van der Waals surface area contributed by atoms with E-state index in [0.29, 0.717) is 15.7 Å². The van der Waals surface area contributed by atoms with Gasteiger partial charge in [0.25, 0.3) is 0 Å². The van der Waals surface area contributed by atoms with E-state index in [2.05, 4.69) is 48.7 Å². The van der Waals surface area contributed by atoms with Gasteiger partial charge in [-0.2, -0.15) is 5.10 Å². The van der Waals surface area contributed by atoms with Crippen molar-refractivity contribution in [3.05, 3.63) is 40.0 Å².